The average Bonchev–Trinajstić information content (AvgIpc) is 2.36. The predicted octanol–water partition coefficient (Wildman–Crippen LogP) is 3.49. The van der Waals surface area contributed by atoms with E-state index in [0.29, 0.717) is 28.8 Å². The third-order valence-electron chi connectivity index (χ3n) is 3.39. The number of rotatable bonds is 4. The van der Waals surface area contributed by atoms with Crippen LogP contribution in [0.15, 0.2) is 18.2 Å². The summed E-state index contributed by atoms with van der Waals surface area (Å²) < 4.78 is 0. The quantitative estimate of drug-likeness (QED) is 0.918. The Morgan fingerprint density at radius 3 is 2.72 bits per heavy atom. The molecule has 1 aromatic rings. The van der Waals surface area contributed by atoms with Gasteiger partial charge in [-0.3, -0.25) is 4.79 Å². The molecule has 0 radical (unpaired) electrons. The van der Waals surface area contributed by atoms with E-state index in [1.54, 1.807) is 6.07 Å². The molecule has 0 unspecified atom stereocenters. The van der Waals surface area contributed by atoms with Gasteiger partial charge in [0.2, 0.25) is 0 Å². The summed E-state index contributed by atoms with van der Waals surface area (Å²) in [6, 6.07) is 5.45. The lowest BCUT2D eigenvalue weighted by molar-refractivity contribution is -0.119. The van der Waals surface area contributed by atoms with Crippen LogP contribution in [-0.2, 0) is 11.2 Å². The third kappa shape index (κ3) is 3.71. The highest BCUT2D eigenvalue weighted by Crippen LogP contribution is 2.27. The van der Waals surface area contributed by atoms with Crippen LogP contribution in [0.2, 0.25) is 10.0 Å². The van der Waals surface area contributed by atoms with Crippen molar-refractivity contribution in [3.05, 3.63) is 33.8 Å². The minimum Gasteiger partial charge on any atom is -0.317 e. The van der Waals surface area contributed by atoms with Crippen LogP contribution in [0.4, 0.5) is 0 Å². The molecule has 4 heteroatoms. The largest absolute Gasteiger partial charge is 0.317 e. The van der Waals surface area contributed by atoms with Gasteiger partial charge in [0, 0.05) is 12.8 Å². The van der Waals surface area contributed by atoms with E-state index in [1.807, 2.05) is 12.1 Å². The molecule has 1 aliphatic heterocycles. The lowest BCUT2D eigenvalue weighted by Crippen LogP contribution is -2.29. The zero-order valence-corrected chi connectivity index (χ0v) is 11.7. The molecule has 98 valence electrons. The van der Waals surface area contributed by atoms with Gasteiger partial charge in [-0.25, -0.2) is 0 Å². The third-order valence-corrected chi connectivity index (χ3v) is 4.25. The molecule has 1 N–H and O–H groups in total. The Hall–Kier alpha value is -0.570. The number of carbonyl (C=O) groups is 1. The monoisotopic (exact) mass is 285 g/mol. The lowest BCUT2D eigenvalue weighted by Gasteiger charge is -2.21. The van der Waals surface area contributed by atoms with Crippen molar-refractivity contribution in [3.63, 3.8) is 0 Å². The van der Waals surface area contributed by atoms with Crippen molar-refractivity contribution in [2.45, 2.75) is 25.7 Å². The minimum absolute atomic E-state index is 0.256. The van der Waals surface area contributed by atoms with Gasteiger partial charge in [-0.05, 0) is 43.5 Å². The summed E-state index contributed by atoms with van der Waals surface area (Å²) in [5.74, 6) is 0.780. The van der Waals surface area contributed by atoms with E-state index in [0.717, 1.165) is 31.5 Å². The van der Waals surface area contributed by atoms with Gasteiger partial charge in [0.05, 0.1) is 10.0 Å². The minimum atomic E-state index is 0.256. The molecule has 0 saturated carbocycles. The first kappa shape index (κ1) is 13.9. The summed E-state index contributed by atoms with van der Waals surface area (Å²) in [7, 11) is 0. The number of nitrogens with one attached hydrogen (secondary N) is 1. The molecule has 2 nitrogen and oxygen atoms in total. The van der Waals surface area contributed by atoms with Crippen molar-refractivity contribution in [2.24, 2.45) is 5.92 Å². The Kier molecular flexibility index (Phi) is 5.04. The van der Waals surface area contributed by atoms with Gasteiger partial charge in [0.15, 0.2) is 0 Å². The second kappa shape index (κ2) is 6.55. The molecule has 1 saturated heterocycles. The van der Waals surface area contributed by atoms with E-state index < -0.39 is 0 Å². The Morgan fingerprint density at radius 2 is 2.00 bits per heavy atom. The van der Waals surface area contributed by atoms with Crippen LogP contribution in [0.3, 0.4) is 0 Å². The number of carbonyl (C=O) groups excluding carboxylic acids is 1. The van der Waals surface area contributed by atoms with Gasteiger partial charge >= 0.3 is 0 Å². The van der Waals surface area contributed by atoms with E-state index in [9.17, 15) is 4.79 Å². The van der Waals surface area contributed by atoms with Gasteiger partial charge in [-0.15, -0.1) is 0 Å². The molecule has 18 heavy (non-hydrogen) atoms. The molecular formula is C14H17Cl2NO. The fourth-order valence-electron chi connectivity index (χ4n) is 2.38. The SMILES string of the molecule is O=C(Cc1cccc(Cl)c1Cl)CC1CCNCC1. The van der Waals surface area contributed by atoms with E-state index in [-0.39, 0.29) is 5.78 Å². The number of hydrogen-bond acceptors (Lipinski definition) is 2. The van der Waals surface area contributed by atoms with E-state index in [1.165, 1.54) is 0 Å². The summed E-state index contributed by atoms with van der Waals surface area (Å²) >= 11 is 12.0. The first-order valence-electron chi connectivity index (χ1n) is 6.32. The summed E-state index contributed by atoms with van der Waals surface area (Å²) in [5.41, 5.74) is 0.836. The van der Waals surface area contributed by atoms with Crippen LogP contribution in [0.1, 0.15) is 24.8 Å². The fourth-order valence-corrected chi connectivity index (χ4v) is 2.76. The van der Waals surface area contributed by atoms with Crippen molar-refractivity contribution in [1.82, 2.24) is 5.32 Å². The number of piperidine rings is 1. The second-order valence-corrected chi connectivity index (χ2v) is 5.61. The Bertz CT molecular complexity index is 428. The maximum absolute atomic E-state index is 12.0. The Balaban J connectivity index is 1.92. The van der Waals surface area contributed by atoms with E-state index in [4.69, 9.17) is 23.2 Å². The van der Waals surface area contributed by atoms with Gasteiger partial charge in [-0.1, -0.05) is 35.3 Å². The normalized spacial score (nSPS) is 16.8. The van der Waals surface area contributed by atoms with Gasteiger partial charge < -0.3 is 5.32 Å². The molecule has 0 amide bonds. The predicted molar refractivity (Wildman–Crippen MR) is 75.4 cm³/mol. The van der Waals surface area contributed by atoms with Crippen molar-refractivity contribution >= 4 is 29.0 Å². The van der Waals surface area contributed by atoms with Crippen molar-refractivity contribution in [3.8, 4) is 0 Å². The zero-order chi connectivity index (χ0) is 13.0. The van der Waals surface area contributed by atoms with Crippen LogP contribution in [-0.4, -0.2) is 18.9 Å². The van der Waals surface area contributed by atoms with E-state index >= 15 is 0 Å². The summed E-state index contributed by atoms with van der Waals surface area (Å²) in [6.45, 7) is 2.05. The molecule has 0 aliphatic carbocycles. The highest BCUT2D eigenvalue weighted by Gasteiger charge is 2.17. The van der Waals surface area contributed by atoms with Crippen LogP contribution in [0.25, 0.3) is 0 Å². The molecular weight excluding hydrogens is 269 g/mol. The number of halogens is 2. The zero-order valence-electron chi connectivity index (χ0n) is 10.2. The van der Waals surface area contributed by atoms with Crippen LogP contribution < -0.4 is 5.32 Å². The molecule has 0 atom stereocenters. The van der Waals surface area contributed by atoms with E-state index in [2.05, 4.69) is 5.32 Å². The number of benzene rings is 1. The maximum atomic E-state index is 12.0. The first-order valence-corrected chi connectivity index (χ1v) is 7.07. The second-order valence-electron chi connectivity index (χ2n) is 4.83. The Labute approximate surface area is 118 Å². The van der Waals surface area contributed by atoms with Crippen LogP contribution in [0, 0.1) is 5.92 Å². The first-order chi connectivity index (χ1) is 8.66. The van der Waals surface area contributed by atoms with Crippen molar-refractivity contribution < 1.29 is 4.79 Å². The molecule has 0 aromatic heterocycles. The average molecular weight is 286 g/mol. The highest BCUT2D eigenvalue weighted by atomic mass is 35.5. The Morgan fingerprint density at radius 1 is 1.28 bits per heavy atom. The maximum Gasteiger partial charge on any atom is 0.137 e. The number of hydrogen-bond donors (Lipinski definition) is 1. The number of Topliss-reactive ketones (excluding diaryl/α,β-unsaturated/α-hetero) is 1. The molecule has 1 aliphatic rings. The molecule has 0 bridgehead atoms. The van der Waals surface area contributed by atoms with Crippen molar-refractivity contribution in [2.75, 3.05) is 13.1 Å². The summed E-state index contributed by atoms with van der Waals surface area (Å²) in [6.07, 6.45) is 3.23. The summed E-state index contributed by atoms with van der Waals surface area (Å²) in [5, 5.41) is 4.33. The van der Waals surface area contributed by atoms with Crippen LogP contribution in [0.5, 0.6) is 0 Å². The van der Waals surface area contributed by atoms with Gasteiger partial charge in [-0.2, -0.15) is 0 Å². The molecule has 1 fully saturated rings. The van der Waals surface area contributed by atoms with Crippen LogP contribution >= 0.6 is 23.2 Å². The fraction of sp³-hybridized carbons (Fsp3) is 0.500. The van der Waals surface area contributed by atoms with Crippen molar-refractivity contribution in [1.29, 1.82) is 0 Å². The molecule has 2 rings (SSSR count). The highest BCUT2D eigenvalue weighted by molar-refractivity contribution is 6.42. The van der Waals surface area contributed by atoms with Gasteiger partial charge in [0.25, 0.3) is 0 Å². The molecule has 1 heterocycles. The molecule has 0 spiro atoms. The van der Waals surface area contributed by atoms with Gasteiger partial charge in [0.1, 0.15) is 5.78 Å². The smallest absolute Gasteiger partial charge is 0.137 e. The standard InChI is InChI=1S/C14H17Cl2NO/c15-13-3-1-2-11(14(13)16)9-12(18)8-10-4-6-17-7-5-10/h1-3,10,17H,4-9H2. The summed E-state index contributed by atoms with van der Waals surface area (Å²) in [4.78, 5) is 12.0. The molecule has 1 aromatic carbocycles. The lowest BCUT2D eigenvalue weighted by atomic mass is 9.91. The number of ketones is 1. The topological polar surface area (TPSA) is 29.1 Å².